The van der Waals surface area contributed by atoms with Crippen LogP contribution in [0.15, 0.2) is 0 Å². The molecule has 1 N–H and O–H groups in total. The summed E-state index contributed by atoms with van der Waals surface area (Å²) in [6.07, 6.45) is 3.82. The molecule has 0 aromatic carbocycles. The topological polar surface area (TPSA) is 29.1 Å². The Hall–Kier alpha value is -0.0200. The maximum Gasteiger partial charge on any atom is 0.0293 e. The molecule has 0 bridgehead atoms. The van der Waals surface area contributed by atoms with Crippen LogP contribution in [0.4, 0.5) is 0 Å². The van der Waals surface area contributed by atoms with Gasteiger partial charge in [0, 0.05) is 11.5 Å². The minimum Gasteiger partial charge on any atom is -0.317 e. The van der Waals surface area contributed by atoms with Gasteiger partial charge in [0.1, 0.15) is 0 Å². The smallest absolute Gasteiger partial charge is 0.0293 e. The first-order chi connectivity index (χ1) is 4.61. The van der Waals surface area contributed by atoms with Crippen LogP contribution in [0.2, 0.25) is 0 Å². The van der Waals surface area contributed by atoms with E-state index in [0.29, 0.717) is 5.25 Å². The zero-order valence-corrected chi connectivity index (χ0v) is 7.25. The molecule has 1 fully saturated rings. The van der Waals surface area contributed by atoms with Crippen LogP contribution < -0.4 is 5.32 Å². The molecule has 1 rings (SSSR count). The molecule has 0 saturated carbocycles. The summed E-state index contributed by atoms with van der Waals surface area (Å²) in [5.41, 5.74) is 0. The summed E-state index contributed by atoms with van der Waals surface area (Å²) in [4.78, 5) is 0. The standard InChI is InChI=1S/C7H15NOS/c1-10(2,9)7-3-5-8-6-4-7/h7-8H,1,3-6H2,2H3. The summed E-state index contributed by atoms with van der Waals surface area (Å²) < 4.78 is 11.4. The minimum atomic E-state index is -1.77. The van der Waals surface area contributed by atoms with Crippen molar-refractivity contribution in [2.45, 2.75) is 18.1 Å². The fraction of sp³-hybridized carbons (Fsp3) is 0.857. The molecule has 3 heteroatoms. The van der Waals surface area contributed by atoms with Gasteiger partial charge in [-0.3, -0.25) is 4.21 Å². The van der Waals surface area contributed by atoms with Crippen molar-refractivity contribution in [2.24, 2.45) is 0 Å². The van der Waals surface area contributed by atoms with Crippen LogP contribution in [0.3, 0.4) is 0 Å². The van der Waals surface area contributed by atoms with Crippen LogP contribution in [0, 0.1) is 0 Å². The minimum absolute atomic E-state index is 0.355. The van der Waals surface area contributed by atoms with Gasteiger partial charge >= 0.3 is 0 Å². The van der Waals surface area contributed by atoms with Crippen LogP contribution in [0.1, 0.15) is 12.8 Å². The van der Waals surface area contributed by atoms with E-state index in [9.17, 15) is 4.21 Å². The molecule has 0 aromatic heterocycles. The highest BCUT2D eigenvalue weighted by molar-refractivity contribution is 8.00. The van der Waals surface area contributed by atoms with Gasteiger partial charge in [-0.2, -0.15) is 0 Å². The Labute approximate surface area is 63.0 Å². The highest BCUT2D eigenvalue weighted by Gasteiger charge is 2.17. The molecule has 1 heterocycles. The number of rotatable bonds is 1. The molecular weight excluding hydrogens is 146 g/mol. The summed E-state index contributed by atoms with van der Waals surface area (Å²) in [7, 11) is -1.77. The molecule has 0 aromatic rings. The summed E-state index contributed by atoms with van der Waals surface area (Å²) in [6.45, 7) is 2.01. The highest BCUT2D eigenvalue weighted by atomic mass is 32.2. The van der Waals surface area contributed by atoms with Crippen LogP contribution in [0.25, 0.3) is 0 Å². The largest absolute Gasteiger partial charge is 0.317 e. The summed E-state index contributed by atoms with van der Waals surface area (Å²) in [5.74, 6) is 3.69. The third-order valence-corrected chi connectivity index (χ3v) is 3.87. The predicted molar refractivity (Wildman–Crippen MR) is 47.1 cm³/mol. The average Bonchev–Trinajstić information content (AvgIpc) is 1.88. The molecule has 1 atom stereocenters. The second-order valence-electron chi connectivity index (χ2n) is 3.02. The Bertz CT molecular complexity index is 190. The Balaban J connectivity index is 2.56. The number of nitrogens with one attached hydrogen (secondary N) is 1. The lowest BCUT2D eigenvalue weighted by Crippen LogP contribution is -2.35. The lowest BCUT2D eigenvalue weighted by Gasteiger charge is -2.23. The fourth-order valence-electron chi connectivity index (χ4n) is 1.29. The van der Waals surface area contributed by atoms with Crippen molar-refractivity contribution in [3.8, 4) is 0 Å². The average molecular weight is 161 g/mol. The van der Waals surface area contributed by atoms with Crippen LogP contribution in [-0.4, -0.2) is 34.7 Å². The fourth-order valence-corrected chi connectivity index (χ4v) is 2.53. The molecule has 2 nitrogen and oxygen atoms in total. The lowest BCUT2D eigenvalue weighted by molar-refractivity contribution is 0.520. The van der Waals surface area contributed by atoms with E-state index in [1.54, 1.807) is 6.26 Å². The number of hydrogen-bond donors (Lipinski definition) is 1. The van der Waals surface area contributed by atoms with Gasteiger partial charge in [0.25, 0.3) is 0 Å². The third-order valence-electron chi connectivity index (χ3n) is 1.99. The van der Waals surface area contributed by atoms with E-state index in [1.807, 2.05) is 0 Å². The molecule has 10 heavy (non-hydrogen) atoms. The zero-order valence-electron chi connectivity index (χ0n) is 6.43. The highest BCUT2D eigenvalue weighted by Crippen LogP contribution is 2.10. The molecule has 1 aliphatic rings. The monoisotopic (exact) mass is 161 g/mol. The van der Waals surface area contributed by atoms with Crippen LogP contribution in [-0.2, 0) is 9.52 Å². The van der Waals surface area contributed by atoms with Crippen LogP contribution >= 0.6 is 0 Å². The van der Waals surface area contributed by atoms with Crippen molar-refractivity contribution in [3.63, 3.8) is 0 Å². The van der Waals surface area contributed by atoms with E-state index >= 15 is 0 Å². The van der Waals surface area contributed by atoms with Crippen molar-refractivity contribution >= 4 is 15.4 Å². The molecule has 0 spiro atoms. The quantitative estimate of drug-likeness (QED) is 0.552. The van der Waals surface area contributed by atoms with Gasteiger partial charge in [-0.05, 0) is 41.3 Å². The molecule has 1 saturated heterocycles. The second kappa shape index (κ2) is 2.93. The van der Waals surface area contributed by atoms with Gasteiger partial charge in [0.05, 0.1) is 0 Å². The van der Waals surface area contributed by atoms with Gasteiger partial charge in [-0.15, -0.1) is 0 Å². The SMILES string of the molecule is C=S(C)(=O)C1CCNCC1. The van der Waals surface area contributed by atoms with Gasteiger partial charge in [-0.1, -0.05) is 0 Å². The first kappa shape index (κ1) is 8.08. The van der Waals surface area contributed by atoms with Crippen molar-refractivity contribution in [1.29, 1.82) is 0 Å². The second-order valence-corrected chi connectivity index (χ2v) is 5.83. The molecule has 0 aliphatic carbocycles. The van der Waals surface area contributed by atoms with Crippen molar-refractivity contribution in [3.05, 3.63) is 0 Å². The van der Waals surface area contributed by atoms with Gasteiger partial charge in [0.2, 0.25) is 0 Å². The zero-order chi connectivity index (χ0) is 7.61. The summed E-state index contributed by atoms with van der Waals surface area (Å²) in [5, 5.41) is 3.59. The Morgan fingerprint density at radius 3 is 2.30 bits per heavy atom. The van der Waals surface area contributed by atoms with E-state index < -0.39 is 9.52 Å². The van der Waals surface area contributed by atoms with Crippen molar-refractivity contribution in [2.75, 3.05) is 19.3 Å². The van der Waals surface area contributed by atoms with Crippen molar-refractivity contribution in [1.82, 2.24) is 5.32 Å². The molecule has 1 unspecified atom stereocenters. The Morgan fingerprint density at radius 1 is 1.50 bits per heavy atom. The van der Waals surface area contributed by atoms with Gasteiger partial charge in [0.15, 0.2) is 0 Å². The Kier molecular flexibility index (Phi) is 2.36. The summed E-state index contributed by atoms with van der Waals surface area (Å²) >= 11 is 0. The van der Waals surface area contributed by atoms with Gasteiger partial charge in [-0.25, -0.2) is 0 Å². The van der Waals surface area contributed by atoms with E-state index in [4.69, 9.17) is 0 Å². The first-order valence-corrected chi connectivity index (χ1v) is 5.82. The molecule has 60 valence electrons. The maximum absolute atomic E-state index is 11.4. The van der Waals surface area contributed by atoms with Crippen molar-refractivity contribution < 1.29 is 4.21 Å². The summed E-state index contributed by atoms with van der Waals surface area (Å²) in [6, 6.07) is 0. The van der Waals surface area contributed by atoms with E-state index in [2.05, 4.69) is 11.2 Å². The maximum atomic E-state index is 11.4. The number of hydrogen-bond acceptors (Lipinski definition) is 2. The van der Waals surface area contributed by atoms with E-state index in [1.165, 1.54) is 0 Å². The molecular formula is C7H15NOS. The molecule has 0 radical (unpaired) electrons. The molecule has 0 amide bonds. The number of piperidine rings is 1. The van der Waals surface area contributed by atoms with E-state index in [-0.39, 0.29) is 0 Å². The lowest BCUT2D eigenvalue weighted by atomic mass is 10.2. The Morgan fingerprint density at radius 2 is 2.00 bits per heavy atom. The normalized spacial score (nSPS) is 27.7. The van der Waals surface area contributed by atoms with Crippen LogP contribution in [0.5, 0.6) is 0 Å². The van der Waals surface area contributed by atoms with Gasteiger partial charge < -0.3 is 5.32 Å². The predicted octanol–water partition coefficient (Wildman–Crippen LogP) is 0.0846. The third kappa shape index (κ3) is 1.99. The first-order valence-electron chi connectivity index (χ1n) is 3.62. The van der Waals surface area contributed by atoms with E-state index in [0.717, 1.165) is 25.9 Å². The molecule has 1 aliphatic heterocycles.